The van der Waals surface area contributed by atoms with E-state index in [2.05, 4.69) is 17.2 Å². The number of morpholine rings is 1. The maximum Gasteiger partial charge on any atom is 0.421 e. The van der Waals surface area contributed by atoms with Crippen molar-refractivity contribution in [3.8, 4) is 17.6 Å². The van der Waals surface area contributed by atoms with Crippen molar-refractivity contribution in [1.82, 2.24) is 10.2 Å². The number of carboxylic acid groups (broad SMARTS) is 1. The molecule has 0 unspecified atom stereocenters. The Morgan fingerprint density at radius 3 is 2.26 bits per heavy atom. The van der Waals surface area contributed by atoms with Gasteiger partial charge in [-0.25, -0.2) is 14.5 Å². The predicted molar refractivity (Wildman–Crippen MR) is 206 cm³/mol. The third-order valence-corrected chi connectivity index (χ3v) is 10.5. The van der Waals surface area contributed by atoms with Gasteiger partial charge in [0, 0.05) is 12.7 Å². The molecule has 2 fully saturated rings. The van der Waals surface area contributed by atoms with E-state index >= 15 is 4.79 Å². The van der Waals surface area contributed by atoms with E-state index in [1.165, 1.54) is 19.2 Å². The first-order valence-corrected chi connectivity index (χ1v) is 18.4. The maximum absolute atomic E-state index is 15.7. The second kappa shape index (κ2) is 16.8. The molecule has 6 atom stereocenters. The number of fused-ring (bicyclic) bond motifs is 3. The number of carbonyl (C=O) groups is 5. The van der Waals surface area contributed by atoms with Gasteiger partial charge in [-0.2, -0.15) is 0 Å². The van der Waals surface area contributed by atoms with E-state index in [4.69, 9.17) is 24.7 Å². The van der Waals surface area contributed by atoms with Gasteiger partial charge in [0.25, 0.3) is 0 Å². The summed E-state index contributed by atoms with van der Waals surface area (Å²) in [6.45, 7) is -0.672. The van der Waals surface area contributed by atoms with E-state index in [1.54, 1.807) is 59.5 Å². The Kier molecular flexibility index (Phi) is 11.4. The molecule has 58 heavy (non-hydrogen) atoms. The average molecular weight is 789 g/mol. The van der Waals surface area contributed by atoms with Crippen molar-refractivity contribution < 1.29 is 53.1 Å². The number of hydrogen-bond acceptors (Lipinski definition) is 11. The van der Waals surface area contributed by atoms with Crippen LogP contribution in [0.15, 0.2) is 103 Å². The first kappa shape index (κ1) is 39.5. The molecule has 15 heteroatoms. The molecule has 0 saturated carbocycles. The molecule has 4 amide bonds. The Hall–Kier alpha value is -6.73. The summed E-state index contributed by atoms with van der Waals surface area (Å²) >= 11 is 0. The van der Waals surface area contributed by atoms with Gasteiger partial charge in [0.05, 0.1) is 37.5 Å². The lowest BCUT2D eigenvalue weighted by atomic mass is 9.65. The van der Waals surface area contributed by atoms with Crippen molar-refractivity contribution in [2.45, 2.75) is 29.6 Å². The normalized spacial score (nSPS) is 23.3. The van der Waals surface area contributed by atoms with Gasteiger partial charge >= 0.3 is 24.1 Å². The predicted octanol–water partition coefficient (Wildman–Crippen LogP) is 3.61. The molecule has 0 aliphatic carbocycles. The lowest BCUT2D eigenvalue weighted by molar-refractivity contribution is -0.179. The van der Waals surface area contributed by atoms with Gasteiger partial charge in [0.1, 0.15) is 42.4 Å². The zero-order chi connectivity index (χ0) is 41.0. The molecule has 0 bridgehead atoms. The number of cyclic esters (lactones) is 1. The monoisotopic (exact) mass is 788 g/mol. The Labute approximate surface area is 333 Å². The first-order valence-electron chi connectivity index (χ1n) is 18.4. The summed E-state index contributed by atoms with van der Waals surface area (Å²) in [7, 11) is 1.42. The molecule has 3 aliphatic heterocycles. The molecule has 1 spiro atoms. The summed E-state index contributed by atoms with van der Waals surface area (Å²) in [6.07, 6.45) is -2.06. The number of esters is 1. The minimum Gasteiger partial charge on any atom is -0.491 e. The second-order valence-corrected chi connectivity index (χ2v) is 13.7. The van der Waals surface area contributed by atoms with Crippen molar-refractivity contribution in [2.75, 3.05) is 45.0 Å². The van der Waals surface area contributed by atoms with E-state index in [1.807, 2.05) is 36.4 Å². The van der Waals surface area contributed by atoms with E-state index in [0.29, 0.717) is 28.0 Å². The number of hydrogen-bond donors (Lipinski definition) is 4. The van der Waals surface area contributed by atoms with Gasteiger partial charge < -0.3 is 40.2 Å². The summed E-state index contributed by atoms with van der Waals surface area (Å²) in [6, 6.07) is 24.8. The molecular weight excluding hydrogens is 748 g/mol. The number of primary amides is 1. The highest BCUT2D eigenvalue weighted by molar-refractivity contribution is 6.23. The number of carboxylic acids is 1. The SMILES string of the molecule is COCCOC(=O)N1C(=O)[C@@]2(c3cc(C#CCNC(N)=O)ccc31)[C@H](C(=O)O)[C@H]1C(=O)O[C@H](c3ccccc3)[C@H](c3ccccc3)N1[C@@H]2c1cccc(OCCO)c1. The van der Waals surface area contributed by atoms with Gasteiger partial charge in [-0.3, -0.25) is 19.3 Å². The van der Waals surface area contributed by atoms with Crippen LogP contribution in [0, 0.1) is 17.8 Å². The number of aliphatic hydroxyl groups is 1. The number of anilines is 1. The molecule has 0 radical (unpaired) electrons. The second-order valence-electron chi connectivity index (χ2n) is 13.7. The summed E-state index contributed by atoms with van der Waals surface area (Å²) < 4.78 is 22.7. The van der Waals surface area contributed by atoms with Gasteiger partial charge in [0.15, 0.2) is 0 Å². The Balaban J connectivity index is 1.55. The van der Waals surface area contributed by atoms with Crippen molar-refractivity contribution in [2.24, 2.45) is 11.7 Å². The zero-order valence-corrected chi connectivity index (χ0v) is 31.3. The molecule has 5 N–H and O–H groups in total. The van der Waals surface area contributed by atoms with Crippen LogP contribution >= 0.6 is 0 Å². The molecule has 4 aromatic rings. The molecule has 0 aromatic heterocycles. The number of ether oxygens (including phenoxy) is 4. The van der Waals surface area contributed by atoms with Crippen LogP contribution < -0.4 is 20.7 Å². The number of amides is 4. The van der Waals surface area contributed by atoms with Crippen LogP contribution in [0.5, 0.6) is 5.75 Å². The fourth-order valence-electron chi connectivity index (χ4n) is 8.44. The van der Waals surface area contributed by atoms with Crippen LogP contribution in [0.25, 0.3) is 0 Å². The number of rotatable bonds is 11. The summed E-state index contributed by atoms with van der Waals surface area (Å²) in [5, 5.41) is 23.4. The van der Waals surface area contributed by atoms with Gasteiger partial charge in [-0.1, -0.05) is 84.6 Å². The lowest BCUT2D eigenvalue weighted by Crippen LogP contribution is -2.53. The zero-order valence-electron chi connectivity index (χ0n) is 31.3. The number of carbonyl (C=O) groups excluding carboxylic acids is 4. The minimum absolute atomic E-state index is 0.0158. The summed E-state index contributed by atoms with van der Waals surface area (Å²) in [5.74, 6) is 0.839. The van der Waals surface area contributed by atoms with E-state index in [9.17, 15) is 29.4 Å². The molecule has 4 aromatic carbocycles. The summed E-state index contributed by atoms with van der Waals surface area (Å²) in [4.78, 5) is 72.4. The van der Waals surface area contributed by atoms with Crippen molar-refractivity contribution in [3.63, 3.8) is 0 Å². The summed E-state index contributed by atoms with van der Waals surface area (Å²) in [5.41, 5.74) is 5.09. The number of aliphatic hydroxyl groups excluding tert-OH is 1. The highest BCUT2D eigenvalue weighted by Gasteiger charge is 2.76. The largest absolute Gasteiger partial charge is 0.491 e. The standard InChI is InChI=1S/C43H40N4O11/c1-55-22-23-57-42(54)46-32-18-17-26(10-9-19-45-41(44)53)24-31(32)43(40(46)52)33(38(49)50)35-39(51)58-36(28-13-6-3-7-14-28)34(27-11-4-2-5-12-27)47(35)37(43)29-15-8-16-30(25-29)56-21-20-48/h2-8,11-18,24-25,33-37,48H,19-23H2,1H3,(H,49,50)(H3,44,45,53)/t33-,34-,35-,36+,37+,43-/m0/s1. The quantitative estimate of drug-likeness (QED) is 0.0977. The van der Waals surface area contributed by atoms with Gasteiger partial charge in [-0.05, 0) is 52.6 Å². The Morgan fingerprint density at radius 1 is 0.879 bits per heavy atom. The van der Waals surface area contributed by atoms with Crippen molar-refractivity contribution in [1.29, 1.82) is 0 Å². The highest BCUT2D eigenvalue weighted by Crippen LogP contribution is 2.66. The molecule has 298 valence electrons. The maximum atomic E-state index is 15.7. The number of nitrogens with one attached hydrogen (secondary N) is 1. The van der Waals surface area contributed by atoms with Crippen molar-refractivity contribution >= 4 is 35.7 Å². The van der Waals surface area contributed by atoms with Crippen LogP contribution in [0.1, 0.15) is 46.0 Å². The third kappa shape index (κ3) is 6.98. The van der Waals surface area contributed by atoms with Gasteiger partial charge in [0.2, 0.25) is 5.91 Å². The first-order chi connectivity index (χ1) is 28.1. The Bertz CT molecular complexity index is 2280. The van der Waals surface area contributed by atoms with Crippen LogP contribution in [-0.2, 0) is 34.0 Å². The minimum atomic E-state index is -2.22. The number of urea groups is 1. The Morgan fingerprint density at radius 2 is 1.59 bits per heavy atom. The van der Waals surface area contributed by atoms with Crippen LogP contribution in [0.2, 0.25) is 0 Å². The number of methoxy groups -OCH3 is 1. The van der Waals surface area contributed by atoms with E-state index in [-0.39, 0.29) is 44.2 Å². The molecule has 3 heterocycles. The fourth-order valence-corrected chi connectivity index (χ4v) is 8.44. The molecule has 15 nitrogen and oxygen atoms in total. The third-order valence-electron chi connectivity index (χ3n) is 10.5. The number of aliphatic carboxylic acids is 1. The lowest BCUT2D eigenvalue weighted by Gasteiger charge is -2.46. The highest BCUT2D eigenvalue weighted by atomic mass is 16.6. The number of imide groups is 1. The molecule has 7 rings (SSSR count). The molecular formula is C43H40N4O11. The number of benzene rings is 4. The average Bonchev–Trinajstić information content (AvgIpc) is 3.69. The fraction of sp³-hybridized carbons (Fsp3) is 0.279. The van der Waals surface area contributed by atoms with Crippen LogP contribution in [-0.4, -0.2) is 91.2 Å². The topological polar surface area (TPSA) is 207 Å². The van der Waals surface area contributed by atoms with Gasteiger partial charge in [-0.15, -0.1) is 0 Å². The van der Waals surface area contributed by atoms with E-state index < -0.39 is 65.5 Å². The number of nitrogens with two attached hydrogens (primary N) is 1. The van der Waals surface area contributed by atoms with E-state index in [0.717, 1.165) is 4.90 Å². The molecule has 2 saturated heterocycles. The smallest absolute Gasteiger partial charge is 0.421 e. The number of nitrogens with zero attached hydrogens (tertiary/aromatic N) is 2. The molecule has 3 aliphatic rings. The van der Waals surface area contributed by atoms with Crippen molar-refractivity contribution in [3.05, 3.63) is 131 Å². The van der Waals surface area contributed by atoms with Crippen LogP contribution in [0.4, 0.5) is 15.3 Å². The van der Waals surface area contributed by atoms with Crippen LogP contribution in [0.3, 0.4) is 0 Å².